The van der Waals surface area contributed by atoms with Gasteiger partial charge >= 0.3 is 0 Å². The molecule has 0 aliphatic carbocycles. The van der Waals surface area contributed by atoms with Crippen LogP contribution in [0.5, 0.6) is 5.75 Å². The molecule has 1 heterocycles. The van der Waals surface area contributed by atoms with Crippen molar-refractivity contribution < 1.29 is 9.53 Å². The summed E-state index contributed by atoms with van der Waals surface area (Å²) < 4.78 is 8.19. The Bertz CT molecular complexity index is 1290. The van der Waals surface area contributed by atoms with Crippen LogP contribution in [0.2, 0.25) is 0 Å². The van der Waals surface area contributed by atoms with Gasteiger partial charge in [-0.05, 0) is 61.0 Å². The quantitative estimate of drug-likeness (QED) is 0.187. The molecule has 0 saturated carbocycles. The second kappa shape index (κ2) is 11.1. The van der Waals surface area contributed by atoms with Gasteiger partial charge in [0.2, 0.25) is 0 Å². The van der Waals surface area contributed by atoms with Crippen molar-refractivity contribution in [3.63, 3.8) is 0 Å². The number of ether oxygens (including phenoxy) is 1. The first-order valence-corrected chi connectivity index (χ1v) is 12.2. The third-order valence-corrected chi connectivity index (χ3v) is 6.40. The highest BCUT2D eigenvalue weighted by molar-refractivity contribution is 9.10. The molecule has 34 heavy (non-hydrogen) atoms. The number of nitrogens with zero attached hydrogens (tertiary/aromatic N) is 4. The number of halogens is 1. The van der Waals surface area contributed by atoms with Crippen LogP contribution in [0.25, 0.3) is 17.1 Å². The summed E-state index contributed by atoms with van der Waals surface area (Å²) in [5.74, 6) is 1.36. The second-order valence-electron chi connectivity index (χ2n) is 7.23. The summed E-state index contributed by atoms with van der Waals surface area (Å²) in [5, 5.41) is 13.6. The molecule has 0 radical (unpaired) electrons. The van der Waals surface area contributed by atoms with E-state index in [4.69, 9.17) is 4.74 Å². The number of amides is 1. The van der Waals surface area contributed by atoms with E-state index in [-0.39, 0.29) is 11.7 Å². The van der Waals surface area contributed by atoms with Gasteiger partial charge in [0.25, 0.3) is 5.91 Å². The van der Waals surface area contributed by atoms with Crippen molar-refractivity contribution in [2.24, 2.45) is 5.10 Å². The predicted molar refractivity (Wildman–Crippen MR) is 139 cm³/mol. The van der Waals surface area contributed by atoms with Crippen LogP contribution in [0.1, 0.15) is 12.5 Å². The molecule has 0 unspecified atom stereocenters. The lowest BCUT2D eigenvalue weighted by Crippen LogP contribution is -2.21. The first-order chi connectivity index (χ1) is 16.5. The monoisotopic (exact) mass is 535 g/mol. The number of carbonyl (C=O) groups excluding carboxylic acids is 1. The van der Waals surface area contributed by atoms with Crippen molar-refractivity contribution in [2.75, 3.05) is 12.9 Å². The fourth-order valence-corrected chi connectivity index (χ4v) is 4.17. The van der Waals surface area contributed by atoms with Gasteiger partial charge in [0.05, 0.1) is 18.6 Å². The minimum atomic E-state index is -0.227. The molecule has 0 atom stereocenters. The van der Waals surface area contributed by atoms with Gasteiger partial charge in [0.15, 0.2) is 11.0 Å². The van der Waals surface area contributed by atoms with Crippen molar-refractivity contribution >= 4 is 39.3 Å². The smallest absolute Gasteiger partial charge is 0.250 e. The molecule has 172 valence electrons. The Labute approximate surface area is 210 Å². The van der Waals surface area contributed by atoms with Crippen LogP contribution in [0.4, 0.5) is 0 Å². The molecule has 4 rings (SSSR count). The molecule has 9 heteroatoms. The van der Waals surface area contributed by atoms with Crippen molar-refractivity contribution in [3.05, 3.63) is 88.9 Å². The summed E-state index contributed by atoms with van der Waals surface area (Å²) in [6, 6.07) is 25.2. The van der Waals surface area contributed by atoms with E-state index < -0.39 is 0 Å². The molecule has 0 spiro atoms. The number of benzene rings is 3. The third-order valence-electron chi connectivity index (χ3n) is 4.94. The van der Waals surface area contributed by atoms with E-state index in [1.54, 1.807) is 7.11 Å². The number of nitrogens with one attached hydrogen (secondary N) is 1. The average molecular weight is 536 g/mol. The number of rotatable bonds is 8. The zero-order valence-electron chi connectivity index (χ0n) is 18.6. The molecule has 4 aromatic rings. The predicted octanol–water partition coefficient (Wildman–Crippen LogP) is 5.34. The first kappa shape index (κ1) is 23.7. The molecule has 7 nitrogen and oxygen atoms in total. The fraction of sp³-hybridized carbons (Fsp3) is 0.120. The minimum absolute atomic E-state index is 0.144. The molecular weight excluding hydrogens is 514 g/mol. The van der Waals surface area contributed by atoms with Crippen LogP contribution in [0.3, 0.4) is 0 Å². The Morgan fingerprint density at radius 2 is 1.74 bits per heavy atom. The van der Waals surface area contributed by atoms with E-state index in [0.717, 1.165) is 32.7 Å². The maximum atomic E-state index is 12.5. The van der Waals surface area contributed by atoms with Gasteiger partial charge in [-0.15, -0.1) is 10.2 Å². The normalized spacial score (nSPS) is 11.3. The van der Waals surface area contributed by atoms with Gasteiger partial charge in [0, 0.05) is 15.7 Å². The zero-order chi connectivity index (χ0) is 23.9. The SMILES string of the molecule is COc1ccc(-c2nnc(SCC(=O)N/N=C(/C)c3ccc(Br)cc3)n2-c2ccccc2)cc1. The topological polar surface area (TPSA) is 81.4 Å². The number of aromatic nitrogens is 3. The standard InChI is InChI=1S/C25H22BrN5O2S/c1-17(18-8-12-20(26)13-9-18)27-28-23(32)16-34-25-30-29-24(19-10-14-22(33-2)15-11-19)31(25)21-6-4-3-5-7-21/h3-15H,16H2,1-2H3,(H,28,32)/b27-17-. The molecule has 0 fully saturated rings. The van der Waals surface area contributed by atoms with Gasteiger partial charge in [-0.1, -0.05) is 58.0 Å². The molecule has 0 bridgehead atoms. The molecule has 0 aliphatic heterocycles. The summed E-state index contributed by atoms with van der Waals surface area (Å²) in [7, 11) is 1.63. The maximum Gasteiger partial charge on any atom is 0.250 e. The van der Waals surface area contributed by atoms with Crippen LogP contribution in [-0.4, -0.2) is 39.2 Å². The van der Waals surface area contributed by atoms with Crippen LogP contribution in [0.15, 0.2) is 93.6 Å². The largest absolute Gasteiger partial charge is 0.497 e. The number of thioether (sulfide) groups is 1. The zero-order valence-corrected chi connectivity index (χ0v) is 21.0. The van der Waals surface area contributed by atoms with E-state index in [1.165, 1.54) is 11.8 Å². The second-order valence-corrected chi connectivity index (χ2v) is 9.09. The summed E-state index contributed by atoms with van der Waals surface area (Å²) in [6.07, 6.45) is 0. The number of hydrazone groups is 1. The van der Waals surface area contributed by atoms with Crippen molar-refractivity contribution in [1.82, 2.24) is 20.2 Å². The molecule has 1 N–H and O–H groups in total. The van der Waals surface area contributed by atoms with Gasteiger partial charge < -0.3 is 4.74 Å². The van der Waals surface area contributed by atoms with E-state index in [1.807, 2.05) is 90.4 Å². The lowest BCUT2D eigenvalue weighted by molar-refractivity contribution is -0.118. The van der Waals surface area contributed by atoms with Gasteiger partial charge in [-0.2, -0.15) is 5.10 Å². The highest BCUT2D eigenvalue weighted by Crippen LogP contribution is 2.29. The van der Waals surface area contributed by atoms with E-state index in [0.29, 0.717) is 11.0 Å². The lowest BCUT2D eigenvalue weighted by Gasteiger charge is -2.10. The van der Waals surface area contributed by atoms with E-state index in [2.05, 4.69) is 36.7 Å². The fourth-order valence-electron chi connectivity index (χ4n) is 3.16. The summed E-state index contributed by atoms with van der Waals surface area (Å²) >= 11 is 4.71. The molecule has 1 amide bonds. The van der Waals surface area contributed by atoms with E-state index in [9.17, 15) is 4.79 Å². The minimum Gasteiger partial charge on any atom is -0.497 e. The highest BCUT2D eigenvalue weighted by atomic mass is 79.9. The number of carbonyl (C=O) groups is 1. The lowest BCUT2D eigenvalue weighted by atomic mass is 10.1. The van der Waals surface area contributed by atoms with Crippen LogP contribution >= 0.6 is 27.7 Å². The Hall–Kier alpha value is -3.43. The van der Waals surface area contributed by atoms with Gasteiger partial charge in [0.1, 0.15) is 5.75 Å². The van der Waals surface area contributed by atoms with Crippen LogP contribution < -0.4 is 10.2 Å². The Morgan fingerprint density at radius 1 is 1.03 bits per heavy atom. The summed E-state index contributed by atoms with van der Waals surface area (Å²) in [5.41, 5.74) is 6.08. The number of para-hydroxylation sites is 1. The van der Waals surface area contributed by atoms with Crippen molar-refractivity contribution in [2.45, 2.75) is 12.1 Å². The number of hydrogen-bond donors (Lipinski definition) is 1. The van der Waals surface area contributed by atoms with Crippen LogP contribution in [0, 0.1) is 0 Å². The Balaban J connectivity index is 1.51. The molecule has 1 aromatic heterocycles. The average Bonchev–Trinajstić information content (AvgIpc) is 3.31. The van der Waals surface area contributed by atoms with Crippen molar-refractivity contribution in [3.8, 4) is 22.8 Å². The first-order valence-electron chi connectivity index (χ1n) is 10.4. The molecule has 0 saturated heterocycles. The Kier molecular flexibility index (Phi) is 7.76. The number of hydrogen-bond acceptors (Lipinski definition) is 6. The van der Waals surface area contributed by atoms with Gasteiger partial charge in [-0.3, -0.25) is 9.36 Å². The van der Waals surface area contributed by atoms with Crippen LogP contribution in [-0.2, 0) is 4.79 Å². The maximum absolute atomic E-state index is 12.5. The molecule has 3 aromatic carbocycles. The van der Waals surface area contributed by atoms with Gasteiger partial charge in [-0.25, -0.2) is 5.43 Å². The summed E-state index contributed by atoms with van der Waals surface area (Å²) in [6.45, 7) is 1.85. The summed E-state index contributed by atoms with van der Waals surface area (Å²) in [4.78, 5) is 12.5. The van der Waals surface area contributed by atoms with Crippen molar-refractivity contribution in [1.29, 1.82) is 0 Å². The molecular formula is C25H22BrN5O2S. The highest BCUT2D eigenvalue weighted by Gasteiger charge is 2.17. The molecule has 0 aliphatic rings. The number of methoxy groups -OCH3 is 1. The van der Waals surface area contributed by atoms with E-state index >= 15 is 0 Å². The third kappa shape index (κ3) is 5.73. The Morgan fingerprint density at radius 3 is 2.41 bits per heavy atom.